The lowest BCUT2D eigenvalue weighted by atomic mass is 10.3. The van der Waals surface area contributed by atoms with Crippen LogP contribution in [-0.2, 0) is 0 Å². The van der Waals surface area contributed by atoms with Crippen molar-refractivity contribution in [3.63, 3.8) is 0 Å². The predicted molar refractivity (Wildman–Crippen MR) is 85.0 cm³/mol. The number of piperazine rings is 1. The van der Waals surface area contributed by atoms with Crippen molar-refractivity contribution in [2.24, 2.45) is 0 Å². The van der Waals surface area contributed by atoms with Gasteiger partial charge in [-0.1, -0.05) is 23.2 Å². The molecule has 1 saturated heterocycles. The molecule has 7 heteroatoms. The molecule has 0 radical (unpaired) electrons. The lowest BCUT2D eigenvalue weighted by Crippen LogP contribution is -2.47. The van der Waals surface area contributed by atoms with Gasteiger partial charge < -0.3 is 15.2 Å². The minimum atomic E-state index is -0.549. The molecule has 2 rings (SSSR count). The Labute approximate surface area is 137 Å². The van der Waals surface area contributed by atoms with E-state index in [1.54, 1.807) is 12.1 Å². The van der Waals surface area contributed by atoms with E-state index in [2.05, 4.69) is 26.1 Å². The topological polar surface area (TPSA) is 44.7 Å². The van der Waals surface area contributed by atoms with Crippen LogP contribution in [0.4, 0.5) is 0 Å². The third-order valence-corrected chi connectivity index (χ3v) is 4.58. The van der Waals surface area contributed by atoms with Gasteiger partial charge in [0.25, 0.3) is 0 Å². The van der Waals surface area contributed by atoms with E-state index in [0.29, 0.717) is 22.3 Å². The molecule has 0 bridgehead atoms. The second-order valence-electron chi connectivity index (χ2n) is 4.71. The van der Waals surface area contributed by atoms with E-state index in [1.807, 2.05) is 0 Å². The summed E-state index contributed by atoms with van der Waals surface area (Å²) in [5.74, 6) is 0.485. The van der Waals surface area contributed by atoms with E-state index < -0.39 is 6.10 Å². The van der Waals surface area contributed by atoms with Crippen molar-refractivity contribution in [1.29, 1.82) is 0 Å². The maximum atomic E-state index is 10.0. The Hall–Kier alpha value is -0.0400. The predicted octanol–water partition coefficient (Wildman–Crippen LogP) is 2.40. The van der Waals surface area contributed by atoms with Crippen molar-refractivity contribution >= 4 is 39.1 Å². The monoisotopic (exact) mass is 382 g/mol. The first-order valence-electron chi connectivity index (χ1n) is 6.44. The van der Waals surface area contributed by atoms with Gasteiger partial charge >= 0.3 is 0 Å². The largest absolute Gasteiger partial charge is 0.489 e. The summed E-state index contributed by atoms with van der Waals surface area (Å²) < 4.78 is 6.27. The summed E-state index contributed by atoms with van der Waals surface area (Å²) in [5, 5.41) is 14.3. The molecule has 0 aromatic heterocycles. The number of ether oxygens (including phenoxy) is 1. The number of benzene rings is 1. The minimum absolute atomic E-state index is 0.196. The normalized spacial score (nSPS) is 18.0. The second kappa shape index (κ2) is 7.82. The highest BCUT2D eigenvalue weighted by Gasteiger charge is 2.15. The molecule has 1 fully saturated rings. The summed E-state index contributed by atoms with van der Waals surface area (Å²) in [4.78, 5) is 2.21. The number of rotatable bonds is 5. The summed E-state index contributed by atoms with van der Waals surface area (Å²) in [7, 11) is 0. The maximum absolute atomic E-state index is 10.0. The van der Waals surface area contributed by atoms with Gasteiger partial charge in [0.05, 0.1) is 10.0 Å². The highest BCUT2D eigenvalue weighted by atomic mass is 79.9. The number of β-amino-alcohol motifs (C(OH)–C–C–N with tert-alkyl or cyclic N) is 1. The summed E-state index contributed by atoms with van der Waals surface area (Å²) >= 11 is 15.3. The Morgan fingerprint density at radius 3 is 2.70 bits per heavy atom. The van der Waals surface area contributed by atoms with E-state index in [-0.39, 0.29) is 6.61 Å². The van der Waals surface area contributed by atoms with Crippen LogP contribution in [-0.4, -0.2) is 55.4 Å². The average Bonchev–Trinajstić information content (AvgIpc) is 2.42. The molecular weight excluding hydrogens is 367 g/mol. The van der Waals surface area contributed by atoms with Crippen LogP contribution in [0.3, 0.4) is 0 Å². The zero-order chi connectivity index (χ0) is 14.5. The Morgan fingerprint density at radius 1 is 1.30 bits per heavy atom. The van der Waals surface area contributed by atoms with Crippen LogP contribution < -0.4 is 10.1 Å². The highest BCUT2D eigenvalue weighted by Crippen LogP contribution is 2.34. The highest BCUT2D eigenvalue weighted by molar-refractivity contribution is 9.10. The molecule has 1 aromatic rings. The fourth-order valence-electron chi connectivity index (χ4n) is 2.05. The molecule has 0 amide bonds. The molecule has 1 unspecified atom stereocenters. The van der Waals surface area contributed by atoms with Gasteiger partial charge in [-0.15, -0.1) is 0 Å². The summed E-state index contributed by atoms with van der Waals surface area (Å²) in [6.45, 7) is 4.61. The molecule has 0 saturated carbocycles. The fourth-order valence-corrected chi connectivity index (χ4v) is 2.89. The van der Waals surface area contributed by atoms with Crippen molar-refractivity contribution in [1.82, 2.24) is 10.2 Å². The first kappa shape index (κ1) is 16.3. The number of hydrogen-bond acceptors (Lipinski definition) is 4. The van der Waals surface area contributed by atoms with Crippen LogP contribution in [0.15, 0.2) is 16.6 Å². The Bertz CT molecular complexity index is 456. The van der Waals surface area contributed by atoms with Crippen molar-refractivity contribution < 1.29 is 9.84 Å². The van der Waals surface area contributed by atoms with Gasteiger partial charge in [0, 0.05) is 43.3 Å². The van der Waals surface area contributed by atoms with Crippen LogP contribution in [0.5, 0.6) is 5.75 Å². The summed E-state index contributed by atoms with van der Waals surface area (Å²) in [6, 6.07) is 3.33. The van der Waals surface area contributed by atoms with Crippen molar-refractivity contribution in [2.75, 3.05) is 39.3 Å². The van der Waals surface area contributed by atoms with Gasteiger partial charge in [0.1, 0.15) is 18.5 Å². The van der Waals surface area contributed by atoms with Crippen LogP contribution in [0.25, 0.3) is 0 Å². The Balaban J connectivity index is 1.83. The second-order valence-corrected chi connectivity index (χ2v) is 6.38. The Morgan fingerprint density at radius 2 is 2.00 bits per heavy atom. The van der Waals surface area contributed by atoms with Crippen LogP contribution in [0, 0.1) is 0 Å². The van der Waals surface area contributed by atoms with E-state index >= 15 is 0 Å². The smallest absolute Gasteiger partial charge is 0.139 e. The average molecular weight is 384 g/mol. The first-order valence-corrected chi connectivity index (χ1v) is 7.99. The van der Waals surface area contributed by atoms with Gasteiger partial charge in [-0.2, -0.15) is 0 Å². The number of halogens is 3. The van der Waals surface area contributed by atoms with E-state index in [9.17, 15) is 5.11 Å². The molecule has 1 aliphatic rings. The molecule has 0 aliphatic carbocycles. The molecule has 1 heterocycles. The number of hydrogen-bond donors (Lipinski definition) is 2. The van der Waals surface area contributed by atoms with Crippen LogP contribution in [0.1, 0.15) is 0 Å². The van der Waals surface area contributed by atoms with Crippen molar-refractivity contribution in [3.8, 4) is 5.75 Å². The third kappa shape index (κ3) is 4.76. The van der Waals surface area contributed by atoms with E-state index in [0.717, 1.165) is 30.7 Å². The number of nitrogens with zero attached hydrogens (tertiary/aromatic N) is 1. The number of aliphatic hydroxyl groups excluding tert-OH is 1. The molecule has 1 aliphatic heterocycles. The van der Waals surface area contributed by atoms with Gasteiger partial charge in [-0.3, -0.25) is 4.90 Å². The van der Waals surface area contributed by atoms with Crippen molar-refractivity contribution in [2.45, 2.75) is 6.10 Å². The zero-order valence-corrected chi connectivity index (χ0v) is 14.0. The summed E-state index contributed by atoms with van der Waals surface area (Å²) in [6.07, 6.45) is -0.549. The van der Waals surface area contributed by atoms with Crippen LogP contribution >= 0.6 is 39.1 Å². The SMILES string of the molecule is OC(COc1cc(Cl)c(Br)cc1Cl)CN1CCNCC1. The van der Waals surface area contributed by atoms with Gasteiger partial charge in [0.15, 0.2) is 0 Å². The maximum Gasteiger partial charge on any atom is 0.139 e. The van der Waals surface area contributed by atoms with Gasteiger partial charge in [-0.05, 0) is 22.0 Å². The van der Waals surface area contributed by atoms with E-state index in [1.165, 1.54) is 0 Å². The first-order chi connectivity index (χ1) is 9.56. The van der Waals surface area contributed by atoms with Gasteiger partial charge in [-0.25, -0.2) is 0 Å². The zero-order valence-electron chi connectivity index (χ0n) is 10.9. The minimum Gasteiger partial charge on any atom is -0.489 e. The summed E-state index contributed by atoms with van der Waals surface area (Å²) in [5.41, 5.74) is 0. The van der Waals surface area contributed by atoms with Crippen molar-refractivity contribution in [3.05, 3.63) is 26.7 Å². The molecule has 1 aromatic carbocycles. The number of nitrogens with one attached hydrogen (secondary N) is 1. The molecule has 20 heavy (non-hydrogen) atoms. The quantitative estimate of drug-likeness (QED) is 0.766. The number of aliphatic hydroxyl groups is 1. The molecule has 0 spiro atoms. The molecule has 1 atom stereocenters. The molecular formula is C13H17BrCl2N2O2. The van der Waals surface area contributed by atoms with E-state index in [4.69, 9.17) is 27.9 Å². The third-order valence-electron chi connectivity index (χ3n) is 3.08. The fraction of sp³-hybridized carbons (Fsp3) is 0.538. The Kier molecular flexibility index (Phi) is 6.39. The van der Waals surface area contributed by atoms with Crippen LogP contribution in [0.2, 0.25) is 10.0 Å². The lowest BCUT2D eigenvalue weighted by molar-refractivity contribution is 0.0641. The lowest BCUT2D eigenvalue weighted by Gasteiger charge is -2.29. The molecule has 2 N–H and O–H groups in total. The molecule has 4 nitrogen and oxygen atoms in total. The van der Waals surface area contributed by atoms with Gasteiger partial charge in [0.2, 0.25) is 0 Å². The standard InChI is InChI=1S/C13H17BrCl2N2O2/c14-10-5-12(16)13(6-11(10)15)20-8-9(19)7-18-3-1-17-2-4-18/h5-6,9,17,19H,1-4,7-8H2. The molecule has 112 valence electrons.